The van der Waals surface area contributed by atoms with Gasteiger partial charge in [-0.25, -0.2) is 4.79 Å². The van der Waals surface area contributed by atoms with Crippen LogP contribution in [-0.2, 0) is 9.53 Å². The standard InChI is InChI=1S/C19H18O3/c1-3-21-19(20)14-22-18-12-10-17(11-13-18)9-8-16-6-4-15(2)5-7-16/h4-7,10-13H,3,14H2,1-2H3. The molecule has 0 spiro atoms. The van der Waals surface area contributed by atoms with Gasteiger partial charge in [0.05, 0.1) is 6.61 Å². The third kappa shape index (κ3) is 4.99. The number of ether oxygens (including phenoxy) is 2. The largest absolute Gasteiger partial charge is 0.482 e. The monoisotopic (exact) mass is 294 g/mol. The van der Waals surface area contributed by atoms with Crippen molar-refractivity contribution in [3.05, 3.63) is 65.2 Å². The van der Waals surface area contributed by atoms with Crippen LogP contribution in [0.15, 0.2) is 48.5 Å². The Labute approximate surface area is 130 Å². The molecule has 0 aromatic heterocycles. The predicted molar refractivity (Wildman–Crippen MR) is 85.7 cm³/mol. The fourth-order valence-electron chi connectivity index (χ4n) is 1.76. The summed E-state index contributed by atoms with van der Waals surface area (Å²) >= 11 is 0. The number of rotatable bonds is 4. The summed E-state index contributed by atoms with van der Waals surface area (Å²) in [4.78, 5) is 11.2. The molecular weight excluding hydrogens is 276 g/mol. The van der Waals surface area contributed by atoms with E-state index in [1.165, 1.54) is 5.56 Å². The molecular formula is C19H18O3. The lowest BCUT2D eigenvalue weighted by atomic mass is 10.1. The predicted octanol–water partition coefficient (Wildman–Crippen LogP) is 3.34. The second kappa shape index (κ2) is 7.90. The van der Waals surface area contributed by atoms with E-state index in [9.17, 15) is 4.79 Å². The quantitative estimate of drug-likeness (QED) is 0.641. The number of aryl methyl sites for hydroxylation is 1. The number of esters is 1. The number of hydrogen-bond donors (Lipinski definition) is 0. The fraction of sp³-hybridized carbons (Fsp3) is 0.211. The number of hydrogen-bond acceptors (Lipinski definition) is 3. The molecule has 0 N–H and O–H groups in total. The summed E-state index contributed by atoms with van der Waals surface area (Å²) in [5.74, 6) is 6.45. The number of carbonyl (C=O) groups excluding carboxylic acids is 1. The van der Waals surface area contributed by atoms with Gasteiger partial charge in [0.25, 0.3) is 0 Å². The van der Waals surface area contributed by atoms with Crippen LogP contribution in [0.5, 0.6) is 5.75 Å². The maximum atomic E-state index is 11.2. The average Bonchev–Trinajstić information content (AvgIpc) is 2.54. The van der Waals surface area contributed by atoms with Crippen molar-refractivity contribution in [2.24, 2.45) is 0 Å². The smallest absolute Gasteiger partial charge is 0.344 e. The molecule has 3 heteroatoms. The van der Waals surface area contributed by atoms with Gasteiger partial charge in [-0.1, -0.05) is 29.5 Å². The molecule has 0 unspecified atom stereocenters. The lowest BCUT2D eigenvalue weighted by Gasteiger charge is -2.05. The van der Waals surface area contributed by atoms with E-state index < -0.39 is 0 Å². The molecule has 0 heterocycles. The Balaban J connectivity index is 1.95. The molecule has 0 aliphatic carbocycles. The van der Waals surface area contributed by atoms with E-state index in [0.29, 0.717) is 12.4 Å². The highest BCUT2D eigenvalue weighted by Crippen LogP contribution is 2.12. The summed E-state index contributed by atoms with van der Waals surface area (Å²) in [5, 5.41) is 0. The summed E-state index contributed by atoms with van der Waals surface area (Å²) in [7, 11) is 0. The lowest BCUT2D eigenvalue weighted by molar-refractivity contribution is -0.145. The highest BCUT2D eigenvalue weighted by molar-refractivity contribution is 5.71. The minimum atomic E-state index is -0.370. The van der Waals surface area contributed by atoms with E-state index in [4.69, 9.17) is 9.47 Å². The van der Waals surface area contributed by atoms with Crippen LogP contribution in [0.25, 0.3) is 0 Å². The normalized spacial score (nSPS) is 9.55. The molecule has 0 fully saturated rings. The van der Waals surface area contributed by atoms with Crippen LogP contribution in [0.2, 0.25) is 0 Å². The summed E-state index contributed by atoms with van der Waals surface area (Å²) in [6.07, 6.45) is 0. The van der Waals surface area contributed by atoms with E-state index in [1.807, 2.05) is 43.3 Å². The van der Waals surface area contributed by atoms with Gasteiger partial charge in [0.1, 0.15) is 5.75 Å². The van der Waals surface area contributed by atoms with E-state index in [1.54, 1.807) is 19.1 Å². The van der Waals surface area contributed by atoms with Crippen molar-refractivity contribution in [1.82, 2.24) is 0 Å². The molecule has 0 saturated heterocycles. The average molecular weight is 294 g/mol. The van der Waals surface area contributed by atoms with E-state index in [0.717, 1.165) is 11.1 Å². The Morgan fingerprint density at radius 1 is 0.955 bits per heavy atom. The third-order valence-corrected chi connectivity index (χ3v) is 2.92. The first kappa shape index (κ1) is 15.7. The van der Waals surface area contributed by atoms with Gasteiger partial charge in [0.2, 0.25) is 0 Å². The first-order valence-corrected chi connectivity index (χ1v) is 7.14. The van der Waals surface area contributed by atoms with Crippen molar-refractivity contribution >= 4 is 5.97 Å². The van der Waals surface area contributed by atoms with E-state index >= 15 is 0 Å². The van der Waals surface area contributed by atoms with Crippen LogP contribution >= 0.6 is 0 Å². The highest BCUT2D eigenvalue weighted by atomic mass is 16.6. The van der Waals surface area contributed by atoms with Crippen LogP contribution < -0.4 is 4.74 Å². The van der Waals surface area contributed by atoms with Gasteiger partial charge in [0, 0.05) is 11.1 Å². The first-order chi connectivity index (χ1) is 10.7. The van der Waals surface area contributed by atoms with Gasteiger partial charge in [-0.3, -0.25) is 0 Å². The molecule has 112 valence electrons. The van der Waals surface area contributed by atoms with Gasteiger partial charge in [0.15, 0.2) is 6.61 Å². The molecule has 2 rings (SSSR count). The molecule has 0 amide bonds. The zero-order valence-corrected chi connectivity index (χ0v) is 12.8. The molecule has 0 aliphatic rings. The molecule has 0 saturated carbocycles. The summed E-state index contributed by atoms with van der Waals surface area (Å²) in [6.45, 7) is 4.09. The second-order valence-electron chi connectivity index (χ2n) is 4.73. The first-order valence-electron chi connectivity index (χ1n) is 7.14. The minimum Gasteiger partial charge on any atom is -0.482 e. The number of benzene rings is 2. The van der Waals surface area contributed by atoms with Gasteiger partial charge in [-0.2, -0.15) is 0 Å². The minimum absolute atomic E-state index is 0.0811. The van der Waals surface area contributed by atoms with Gasteiger partial charge in [-0.15, -0.1) is 0 Å². The summed E-state index contributed by atoms with van der Waals surface area (Å²) < 4.78 is 10.1. The molecule has 2 aromatic rings. The Morgan fingerprint density at radius 2 is 1.50 bits per heavy atom. The van der Waals surface area contributed by atoms with Crippen molar-refractivity contribution in [2.75, 3.05) is 13.2 Å². The maximum absolute atomic E-state index is 11.2. The topological polar surface area (TPSA) is 35.5 Å². The van der Waals surface area contributed by atoms with E-state index in [2.05, 4.69) is 11.8 Å². The molecule has 0 atom stereocenters. The van der Waals surface area contributed by atoms with Crippen molar-refractivity contribution in [3.8, 4) is 17.6 Å². The Kier molecular flexibility index (Phi) is 5.62. The van der Waals surface area contributed by atoms with Crippen molar-refractivity contribution in [3.63, 3.8) is 0 Å². The summed E-state index contributed by atoms with van der Waals surface area (Å²) in [6, 6.07) is 15.4. The van der Waals surface area contributed by atoms with Crippen molar-refractivity contribution in [2.45, 2.75) is 13.8 Å². The van der Waals surface area contributed by atoms with Crippen molar-refractivity contribution in [1.29, 1.82) is 0 Å². The molecule has 22 heavy (non-hydrogen) atoms. The molecule has 0 bridgehead atoms. The van der Waals surface area contributed by atoms with Crippen LogP contribution in [0.4, 0.5) is 0 Å². The van der Waals surface area contributed by atoms with Gasteiger partial charge in [-0.05, 0) is 50.2 Å². The van der Waals surface area contributed by atoms with Crippen LogP contribution in [0.3, 0.4) is 0 Å². The molecule has 2 aromatic carbocycles. The maximum Gasteiger partial charge on any atom is 0.344 e. The second-order valence-corrected chi connectivity index (χ2v) is 4.73. The Hall–Kier alpha value is -2.73. The van der Waals surface area contributed by atoms with Crippen LogP contribution in [0, 0.1) is 18.8 Å². The molecule has 3 nitrogen and oxygen atoms in total. The summed E-state index contributed by atoms with van der Waals surface area (Å²) in [5.41, 5.74) is 3.09. The van der Waals surface area contributed by atoms with E-state index in [-0.39, 0.29) is 12.6 Å². The lowest BCUT2D eigenvalue weighted by Crippen LogP contribution is -2.14. The van der Waals surface area contributed by atoms with Crippen LogP contribution in [-0.4, -0.2) is 19.2 Å². The molecule has 0 radical (unpaired) electrons. The van der Waals surface area contributed by atoms with Gasteiger partial charge < -0.3 is 9.47 Å². The highest BCUT2D eigenvalue weighted by Gasteiger charge is 2.02. The number of carbonyl (C=O) groups is 1. The molecule has 0 aliphatic heterocycles. The Morgan fingerprint density at radius 3 is 2.05 bits per heavy atom. The van der Waals surface area contributed by atoms with Crippen molar-refractivity contribution < 1.29 is 14.3 Å². The zero-order valence-electron chi connectivity index (χ0n) is 12.8. The zero-order chi connectivity index (χ0) is 15.8. The Bertz CT molecular complexity index is 673. The van der Waals surface area contributed by atoms with Gasteiger partial charge >= 0.3 is 5.97 Å². The third-order valence-electron chi connectivity index (χ3n) is 2.92. The van der Waals surface area contributed by atoms with Crippen LogP contribution in [0.1, 0.15) is 23.6 Å². The SMILES string of the molecule is CCOC(=O)COc1ccc(C#Cc2ccc(C)cc2)cc1. The fourth-order valence-corrected chi connectivity index (χ4v) is 1.76.